The quantitative estimate of drug-likeness (QED) is 0.758. The summed E-state index contributed by atoms with van der Waals surface area (Å²) >= 11 is 0. The number of halogens is 4. The fraction of sp³-hybridized carbons (Fsp3) is 0.889. The Morgan fingerprint density at radius 2 is 2.06 bits per heavy atom. The highest BCUT2D eigenvalue weighted by molar-refractivity contribution is 5.77. The van der Waals surface area contributed by atoms with Gasteiger partial charge in [-0.25, -0.2) is 4.39 Å². The zero-order chi connectivity index (χ0) is 12.3. The lowest BCUT2D eigenvalue weighted by molar-refractivity contribution is -0.150. The molecule has 1 amide bonds. The third-order valence-electron chi connectivity index (χ3n) is 2.52. The summed E-state index contributed by atoms with van der Waals surface area (Å²) in [6, 6.07) is -0.685. The molecule has 0 aromatic carbocycles. The number of aliphatic hydroxyl groups is 1. The molecule has 16 heavy (non-hydrogen) atoms. The molecule has 94 valence electrons. The number of hydrogen-bond acceptors (Lipinski definition) is 2. The first-order chi connectivity index (χ1) is 7.33. The van der Waals surface area contributed by atoms with Crippen molar-refractivity contribution in [2.75, 3.05) is 13.2 Å². The summed E-state index contributed by atoms with van der Waals surface area (Å²) in [4.78, 5) is 12.4. The van der Waals surface area contributed by atoms with E-state index in [0.717, 1.165) is 4.90 Å². The topological polar surface area (TPSA) is 40.5 Å². The lowest BCUT2D eigenvalue weighted by Gasteiger charge is -2.22. The Bertz CT molecular complexity index is 256. The van der Waals surface area contributed by atoms with Crippen molar-refractivity contribution >= 4 is 5.91 Å². The van der Waals surface area contributed by atoms with E-state index in [2.05, 4.69) is 0 Å². The molecule has 1 N–H and O–H groups in total. The number of nitrogens with zero attached hydrogens (tertiary/aromatic N) is 1. The molecule has 0 bridgehead atoms. The standard InChI is InChI=1S/C9H13F4NO2/c10-6-3-7(5-15)14(4-6)8(16)1-2-9(11,12)13/h6-7,15H,1-5H2/t6-,7-/m0/s1. The van der Waals surface area contributed by atoms with E-state index in [4.69, 9.17) is 5.11 Å². The summed E-state index contributed by atoms with van der Waals surface area (Å²) < 4.78 is 48.5. The molecular formula is C9H13F4NO2. The predicted molar refractivity (Wildman–Crippen MR) is 47.4 cm³/mol. The summed E-state index contributed by atoms with van der Waals surface area (Å²) in [5.74, 6) is -0.753. The third-order valence-corrected chi connectivity index (χ3v) is 2.52. The Balaban J connectivity index is 2.47. The van der Waals surface area contributed by atoms with Gasteiger partial charge in [0.2, 0.25) is 5.91 Å². The summed E-state index contributed by atoms with van der Waals surface area (Å²) in [7, 11) is 0. The number of rotatable bonds is 3. The van der Waals surface area contributed by atoms with Crippen LogP contribution in [0.3, 0.4) is 0 Å². The molecule has 0 aromatic heterocycles. The van der Waals surface area contributed by atoms with Gasteiger partial charge < -0.3 is 10.0 Å². The number of carbonyl (C=O) groups is 1. The Kier molecular flexibility index (Phi) is 4.12. The van der Waals surface area contributed by atoms with Gasteiger partial charge >= 0.3 is 6.18 Å². The van der Waals surface area contributed by atoms with Crippen molar-refractivity contribution in [1.82, 2.24) is 4.90 Å². The van der Waals surface area contributed by atoms with E-state index in [9.17, 15) is 22.4 Å². The van der Waals surface area contributed by atoms with Gasteiger partial charge in [-0.15, -0.1) is 0 Å². The molecule has 0 aromatic rings. The molecule has 0 spiro atoms. The van der Waals surface area contributed by atoms with Crippen LogP contribution in [0.4, 0.5) is 17.6 Å². The van der Waals surface area contributed by atoms with Crippen molar-refractivity contribution in [2.24, 2.45) is 0 Å². The molecule has 3 nitrogen and oxygen atoms in total. The molecule has 0 unspecified atom stereocenters. The van der Waals surface area contributed by atoms with E-state index in [1.54, 1.807) is 0 Å². The van der Waals surface area contributed by atoms with Crippen LogP contribution in [0.1, 0.15) is 19.3 Å². The van der Waals surface area contributed by atoms with Gasteiger partial charge in [-0.1, -0.05) is 0 Å². The van der Waals surface area contributed by atoms with E-state index in [-0.39, 0.29) is 13.0 Å². The van der Waals surface area contributed by atoms with Crippen LogP contribution in [0.2, 0.25) is 0 Å². The minimum atomic E-state index is -4.39. The van der Waals surface area contributed by atoms with Crippen LogP contribution >= 0.6 is 0 Å². The Morgan fingerprint density at radius 1 is 1.44 bits per heavy atom. The highest BCUT2D eigenvalue weighted by Gasteiger charge is 2.36. The second-order valence-corrected chi connectivity index (χ2v) is 3.83. The van der Waals surface area contributed by atoms with Crippen LogP contribution in [0.5, 0.6) is 0 Å². The smallest absolute Gasteiger partial charge is 0.389 e. The summed E-state index contributed by atoms with van der Waals surface area (Å²) in [6.45, 7) is -0.639. The lowest BCUT2D eigenvalue weighted by Crippen LogP contribution is -2.38. The zero-order valence-corrected chi connectivity index (χ0v) is 8.50. The first kappa shape index (κ1) is 13.2. The number of hydrogen-bond donors (Lipinski definition) is 1. The van der Waals surface area contributed by atoms with E-state index in [1.807, 2.05) is 0 Å². The van der Waals surface area contributed by atoms with E-state index < -0.39 is 43.7 Å². The molecule has 0 aliphatic carbocycles. The van der Waals surface area contributed by atoms with Crippen LogP contribution in [0.15, 0.2) is 0 Å². The average Bonchev–Trinajstić information content (AvgIpc) is 2.55. The van der Waals surface area contributed by atoms with Gasteiger partial charge in [-0.2, -0.15) is 13.2 Å². The molecular weight excluding hydrogens is 230 g/mol. The molecule has 0 saturated carbocycles. The highest BCUT2D eigenvalue weighted by atomic mass is 19.4. The predicted octanol–water partition coefficient (Wildman–Crippen LogP) is 1.26. The number of likely N-dealkylation sites (tertiary alicyclic amines) is 1. The van der Waals surface area contributed by atoms with Crippen LogP contribution in [-0.2, 0) is 4.79 Å². The maximum atomic E-state index is 12.9. The molecule has 1 aliphatic heterocycles. The van der Waals surface area contributed by atoms with Crippen molar-refractivity contribution in [3.63, 3.8) is 0 Å². The first-order valence-electron chi connectivity index (χ1n) is 4.94. The maximum absolute atomic E-state index is 12.9. The fourth-order valence-corrected chi connectivity index (χ4v) is 1.73. The molecule has 1 aliphatic rings. The molecule has 7 heteroatoms. The monoisotopic (exact) mass is 243 g/mol. The van der Waals surface area contributed by atoms with E-state index >= 15 is 0 Å². The molecule has 2 atom stereocenters. The lowest BCUT2D eigenvalue weighted by atomic mass is 10.2. The van der Waals surface area contributed by atoms with Crippen LogP contribution in [-0.4, -0.2) is 47.5 Å². The summed E-state index contributed by atoms with van der Waals surface area (Å²) in [6.07, 6.45) is -7.55. The van der Waals surface area contributed by atoms with Gasteiger partial charge in [0.25, 0.3) is 0 Å². The zero-order valence-electron chi connectivity index (χ0n) is 8.50. The normalized spacial score (nSPS) is 26.2. The molecule has 1 saturated heterocycles. The number of carbonyl (C=O) groups excluding carboxylic acids is 1. The van der Waals surface area contributed by atoms with Crippen LogP contribution < -0.4 is 0 Å². The minimum Gasteiger partial charge on any atom is -0.394 e. The highest BCUT2D eigenvalue weighted by Crippen LogP contribution is 2.25. The van der Waals surface area contributed by atoms with Gasteiger partial charge in [0.15, 0.2) is 0 Å². The van der Waals surface area contributed by atoms with Crippen molar-refractivity contribution in [3.8, 4) is 0 Å². The average molecular weight is 243 g/mol. The molecule has 1 fully saturated rings. The van der Waals surface area contributed by atoms with Gasteiger partial charge in [0.1, 0.15) is 6.17 Å². The summed E-state index contributed by atoms with van der Waals surface area (Å²) in [5.41, 5.74) is 0. The van der Waals surface area contributed by atoms with Gasteiger partial charge in [-0.3, -0.25) is 4.79 Å². The number of aliphatic hydroxyl groups excluding tert-OH is 1. The Morgan fingerprint density at radius 3 is 2.56 bits per heavy atom. The molecule has 1 rings (SSSR count). The van der Waals surface area contributed by atoms with Crippen molar-refractivity contribution in [1.29, 1.82) is 0 Å². The number of amides is 1. The second kappa shape index (κ2) is 4.99. The van der Waals surface area contributed by atoms with E-state index in [1.165, 1.54) is 0 Å². The minimum absolute atomic E-state index is 0.00570. The summed E-state index contributed by atoms with van der Waals surface area (Å²) in [5, 5.41) is 8.85. The maximum Gasteiger partial charge on any atom is 0.389 e. The van der Waals surface area contributed by atoms with Crippen molar-refractivity contribution in [3.05, 3.63) is 0 Å². The van der Waals surface area contributed by atoms with Crippen molar-refractivity contribution in [2.45, 2.75) is 37.7 Å². The SMILES string of the molecule is O=C(CCC(F)(F)F)N1C[C@@H](F)C[C@H]1CO. The Hall–Kier alpha value is -0.850. The molecule has 1 heterocycles. The van der Waals surface area contributed by atoms with Gasteiger partial charge in [0, 0.05) is 12.8 Å². The van der Waals surface area contributed by atoms with Gasteiger partial charge in [-0.05, 0) is 0 Å². The Labute approximate surface area is 90.0 Å². The van der Waals surface area contributed by atoms with Crippen LogP contribution in [0, 0.1) is 0 Å². The van der Waals surface area contributed by atoms with Gasteiger partial charge in [0.05, 0.1) is 25.6 Å². The fourth-order valence-electron chi connectivity index (χ4n) is 1.73. The van der Waals surface area contributed by atoms with Crippen LogP contribution in [0.25, 0.3) is 0 Å². The largest absolute Gasteiger partial charge is 0.394 e. The first-order valence-corrected chi connectivity index (χ1v) is 4.94. The number of alkyl halides is 4. The third kappa shape index (κ3) is 3.62. The van der Waals surface area contributed by atoms with Crippen molar-refractivity contribution < 1.29 is 27.5 Å². The van der Waals surface area contributed by atoms with E-state index in [0.29, 0.717) is 0 Å². The molecule has 0 radical (unpaired) electrons. The second-order valence-electron chi connectivity index (χ2n) is 3.83.